The van der Waals surface area contributed by atoms with Crippen molar-refractivity contribution in [1.82, 2.24) is 4.90 Å². The molecule has 1 aliphatic heterocycles. The topological polar surface area (TPSA) is 67.9 Å². The SMILES string of the molecule is C=CCN1C(=O)C(Nc2cc(Cl)ccc2OC)=C(c2ccccc2OC)C1=O. The highest BCUT2D eigenvalue weighted by atomic mass is 35.5. The Balaban J connectivity index is 2.18. The summed E-state index contributed by atoms with van der Waals surface area (Å²) >= 11 is 6.10. The van der Waals surface area contributed by atoms with Crippen LogP contribution in [0.25, 0.3) is 5.57 Å². The van der Waals surface area contributed by atoms with Crippen LogP contribution in [0.3, 0.4) is 0 Å². The maximum absolute atomic E-state index is 13.0. The number of carbonyl (C=O) groups is 2. The molecular formula is C21H19ClN2O4. The van der Waals surface area contributed by atoms with Crippen molar-refractivity contribution in [2.45, 2.75) is 0 Å². The minimum atomic E-state index is -0.465. The molecule has 3 rings (SSSR count). The van der Waals surface area contributed by atoms with E-state index < -0.39 is 11.8 Å². The van der Waals surface area contributed by atoms with E-state index in [1.165, 1.54) is 20.3 Å². The zero-order valence-corrected chi connectivity index (χ0v) is 16.2. The number of anilines is 1. The molecule has 0 aromatic heterocycles. The maximum atomic E-state index is 13.0. The van der Waals surface area contributed by atoms with E-state index >= 15 is 0 Å². The third-order valence-corrected chi connectivity index (χ3v) is 4.51. The van der Waals surface area contributed by atoms with Crippen LogP contribution < -0.4 is 14.8 Å². The molecule has 0 aliphatic carbocycles. The molecule has 7 heteroatoms. The number of imide groups is 1. The van der Waals surface area contributed by atoms with E-state index in [1.54, 1.807) is 42.5 Å². The smallest absolute Gasteiger partial charge is 0.278 e. The third-order valence-electron chi connectivity index (χ3n) is 4.28. The number of ether oxygens (including phenoxy) is 2. The number of para-hydroxylation sites is 1. The number of carbonyl (C=O) groups excluding carboxylic acids is 2. The van der Waals surface area contributed by atoms with Gasteiger partial charge in [-0.1, -0.05) is 35.9 Å². The standard InChI is InChI=1S/C21H19ClN2O4/c1-4-11-24-20(25)18(14-7-5-6-8-16(14)27-2)19(21(24)26)23-15-12-13(22)9-10-17(15)28-3/h4-10,12,23H,1,11H2,2-3H3. The molecule has 0 unspecified atom stereocenters. The zero-order chi connectivity index (χ0) is 20.3. The molecule has 1 heterocycles. The third kappa shape index (κ3) is 3.46. The molecule has 0 fully saturated rings. The molecule has 2 amide bonds. The zero-order valence-electron chi connectivity index (χ0n) is 15.5. The lowest BCUT2D eigenvalue weighted by molar-refractivity contribution is -0.136. The number of methoxy groups -OCH3 is 2. The predicted octanol–water partition coefficient (Wildman–Crippen LogP) is 3.74. The van der Waals surface area contributed by atoms with E-state index in [0.717, 1.165) is 4.90 Å². The summed E-state index contributed by atoms with van der Waals surface area (Å²) in [5.41, 5.74) is 1.32. The summed E-state index contributed by atoms with van der Waals surface area (Å²) in [4.78, 5) is 27.2. The highest BCUT2D eigenvalue weighted by Crippen LogP contribution is 2.37. The minimum absolute atomic E-state index is 0.0914. The van der Waals surface area contributed by atoms with Gasteiger partial charge < -0.3 is 14.8 Å². The van der Waals surface area contributed by atoms with Crippen LogP contribution in [0.15, 0.2) is 60.8 Å². The van der Waals surface area contributed by atoms with Gasteiger partial charge in [0.15, 0.2) is 0 Å². The highest BCUT2D eigenvalue weighted by Gasteiger charge is 2.39. The fourth-order valence-corrected chi connectivity index (χ4v) is 3.17. The predicted molar refractivity (Wildman–Crippen MR) is 108 cm³/mol. The Morgan fingerprint density at radius 2 is 1.79 bits per heavy atom. The van der Waals surface area contributed by atoms with Gasteiger partial charge in [0.2, 0.25) is 0 Å². The first-order chi connectivity index (χ1) is 13.5. The fraction of sp³-hybridized carbons (Fsp3) is 0.143. The molecule has 0 saturated heterocycles. The number of nitrogens with zero attached hydrogens (tertiary/aromatic N) is 1. The molecule has 1 aliphatic rings. The lowest BCUT2D eigenvalue weighted by Crippen LogP contribution is -2.32. The molecule has 0 saturated carbocycles. The quantitative estimate of drug-likeness (QED) is 0.568. The summed E-state index contributed by atoms with van der Waals surface area (Å²) in [6.45, 7) is 3.72. The second-order valence-electron chi connectivity index (χ2n) is 5.93. The largest absolute Gasteiger partial charge is 0.496 e. The van der Waals surface area contributed by atoms with Crippen molar-refractivity contribution >= 4 is 34.7 Å². The fourth-order valence-electron chi connectivity index (χ4n) is 3.00. The van der Waals surface area contributed by atoms with Crippen molar-refractivity contribution < 1.29 is 19.1 Å². The van der Waals surface area contributed by atoms with Crippen LogP contribution in [0.1, 0.15) is 5.56 Å². The molecule has 0 bridgehead atoms. The number of amides is 2. The van der Waals surface area contributed by atoms with Crippen LogP contribution in [-0.2, 0) is 9.59 Å². The molecular weight excluding hydrogens is 380 g/mol. The van der Waals surface area contributed by atoms with Crippen LogP contribution in [0.5, 0.6) is 11.5 Å². The molecule has 2 aromatic carbocycles. The second kappa shape index (κ2) is 8.19. The number of benzene rings is 2. The lowest BCUT2D eigenvalue weighted by atomic mass is 10.0. The Morgan fingerprint density at radius 1 is 1.07 bits per heavy atom. The van der Waals surface area contributed by atoms with Crippen LogP contribution in [0.4, 0.5) is 5.69 Å². The molecule has 0 atom stereocenters. The Bertz CT molecular complexity index is 984. The molecule has 2 aromatic rings. The Morgan fingerprint density at radius 3 is 2.46 bits per heavy atom. The van der Waals surface area contributed by atoms with Crippen molar-refractivity contribution in [3.8, 4) is 11.5 Å². The molecule has 28 heavy (non-hydrogen) atoms. The summed E-state index contributed by atoms with van der Waals surface area (Å²) in [6, 6.07) is 12.0. The Hall–Kier alpha value is -3.25. The van der Waals surface area contributed by atoms with E-state index in [0.29, 0.717) is 27.8 Å². The normalized spacial score (nSPS) is 13.8. The van der Waals surface area contributed by atoms with Gasteiger partial charge in [0.05, 0.1) is 25.5 Å². The van der Waals surface area contributed by atoms with Gasteiger partial charge in [-0.25, -0.2) is 0 Å². The number of hydrogen-bond acceptors (Lipinski definition) is 5. The van der Waals surface area contributed by atoms with Gasteiger partial charge in [0.25, 0.3) is 11.8 Å². The van der Waals surface area contributed by atoms with Crippen molar-refractivity contribution in [3.05, 3.63) is 71.4 Å². The van der Waals surface area contributed by atoms with E-state index in [4.69, 9.17) is 21.1 Å². The number of halogens is 1. The van der Waals surface area contributed by atoms with Crippen molar-refractivity contribution in [2.75, 3.05) is 26.1 Å². The average Bonchev–Trinajstić information content (AvgIpc) is 2.92. The number of hydrogen-bond donors (Lipinski definition) is 1. The minimum Gasteiger partial charge on any atom is -0.496 e. The van der Waals surface area contributed by atoms with Gasteiger partial charge in [0.1, 0.15) is 17.2 Å². The van der Waals surface area contributed by atoms with Crippen molar-refractivity contribution in [3.63, 3.8) is 0 Å². The summed E-state index contributed by atoms with van der Waals surface area (Å²) in [5, 5.41) is 3.50. The maximum Gasteiger partial charge on any atom is 0.278 e. The van der Waals surface area contributed by atoms with Gasteiger partial charge in [-0.05, 0) is 24.3 Å². The molecule has 6 nitrogen and oxygen atoms in total. The number of rotatable bonds is 7. The summed E-state index contributed by atoms with van der Waals surface area (Å²) in [5.74, 6) is 0.0703. The Labute approximate surface area is 168 Å². The first-order valence-electron chi connectivity index (χ1n) is 8.47. The second-order valence-corrected chi connectivity index (χ2v) is 6.37. The van der Waals surface area contributed by atoms with Crippen LogP contribution in [0.2, 0.25) is 5.02 Å². The molecule has 0 spiro atoms. The molecule has 0 radical (unpaired) electrons. The highest BCUT2D eigenvalue weighted by molar-refractivity contribution is 6.37. The number of nitrogens with one attached hydrogen (secondary N) is 1. The first-order valence-corrected chi connectivity index (χ1v) is 8.85. The van der Waals surface area contributed by atoms with E-state index in [9.17, 15) is 9.59 Å². The lowest BCUT2D eigenvalue weighted by Gasteiger charge is -2.14. The van der Waals surface area contributed by atoms with E-state index in [2.05, 4.69) is 11.9 Å². The van der Waals surface area contributed by atoms with Crippen LogP contribution in [0, 0.1) is 0 Å². The monoisotopic (exact) mass is 398 g/mol. The van der Waals surface area contributed by atoms with Crippen LogP contribution >= 0.6 is 11.6 Å². The van der Waals surface area contributed by atoms with Gasteiger partial charge in [-0.3, -0.25) is 14.5 Å². The molecule has 144 valence electrons. The first kappa shape index (κ1) is 19.5. The van der Waals surface area contributed by atoms with Gasteiger partial charge >= 0.3 is 0 Å². The molecule has 1 N–H and O–H groups in total. The van der Waals surface area contributed by atoms with E-state index in [1.807, 2.05) is 0 Å². The summed E-state index contributed by atoms with van der Waals surface area (Å²) < 4.78 is 10.7. The van der Waals surface area contributed by atoms with Gasteiger partial charge in [0, 0.05) is 17.1 Å². The van der Waals surface area contributed by atoms with Crippen molar-refractivity contribution in [2.24, 2.45) is 0 Å². The van der Waals surface area contributed by atoms with E-state index in [-0.39, 0.29) is 17.8 Å². The summed E-state index contributed by atoms with van der Waals surface area (Å²) in [7, 11) is 3.02. The Kier molecular flexibility index (Phi) is 5.70. The van der Waals surface area contributed by atoms with Crippen molar-refractivity contribution in [1.29, 1.82) is 0 Å². The van der Waals surface area contributed by atoms with Gasteiger partial charge in [-0.15, -0.1) is 6.58 Å². The van der Waals surface area contributed by atoms with Crippen LogP contribution in [-0.4, -0.2) is 37.5 Å². The van der Waals surface area contributed by atoms with Gasteiger partial charge in [-0.2, -0.15) is 0 Å². The average molecular weight is 399 g/mol. The summed E-state index contributed by atoms with van der Waals surface area (Å²) in [6.07, 6.45) is 1.50.